The Morgan fingerprint density at radius 2 is 1.91 bits per heavy atom. The van der Waals surface area contributed by atoms with E-state index in [2.05, 4.69) is 0 Å². The zero-order chi connectivity index (χ0) is 23.5. The predicted molar refractivity (Wildman–Crippen MR) is 109 cm³/mol. The van der Waals surface area contributed by atoms with Crippen LogP contribution < -0.4 is 0 Å². The summed E-state index contributed by atoms with van der Waals surface area (Å²) in [6, 6.07) is 0. The van der Waals surface area contributed by atoms with Crippen LogP contribution in [-0.4, -0.2) is 63.8 Å². The second-order valence-corrected chi connectivity index (χ2v) is 11.0. The topological polar surface area (TPSA) is 93.1 Å². The molecule has 0 aromatic rings. The molecular weight excluding hydrogens is 422 g/mol. The van der Waals surface area contributed by atoms with E-state index in [0.717, 1.165) is 6.08 Å². The normalized spacial score (nSPS) is 53.2. The van der Waals surface area contributed by atoms with Crippen LogP contribution in [0.15, 0.2) is 23.8 Å². The minimum Gasteiger partial charge on any atom is -0.390 e. The average Bonchev–Trinajstić information content (AvgIpc) is 3.11. The number of fused-ring (bicyclic) bond motifs is 7. The zero-order valence-corrected chi connectivity index (χ0v) is 18.7. The molecule has 176 valence electrons. The highest BCUT2D eigenvalue weighted by Gasteiger charge is 2.80. The van der Waals surface area contributed by atoms with Crippen molar-refractivity contribution in [2.45, 2.75) is 82.4 Å². The molecule has 0 spiro atoms. The van der Waals surface area contributed by atoms with Gasteiger partial charge in [-0.15, -0.1) is 0 Å². The smallest absolute Gasteiger partial charge is 0.193 e. The third kappa shape index (κ3) is 2.32. The van der Waals surface area contributed by atoms with Crippen LogP contribution in [-0.2, 0) is 19.1 Å². The van der Waals surface area contributed by atoms with Gasteiger partial charge >= 0.3 is 0 Å². The number of rotatable bonds is 2. The molecule has 1 heterocycles. The van der Waals surface area contributed by atoms with Gasteiger partial charge in [-0.2, -0.15) is 0 Å². The van der Waals surface area contributed by atoms with Crippen molar-refractivity contribution in [3.8, 4) is 0 Å². The van der Waals surface area contributed by atoms with Crippen LogP contribution in [0.2, 0.25) is 0 Å². The Labute approximate surface area is 185 Å². The summed E-state index contributed by atoms with van der Waals surface area (Å²) in [6.45, 7) is 5.87. The van der Waals surface area contributed by atoms with Gasteiger partial charge in [0.2, 0.25) is 0 Å². The third-order valence-corrected chi connectivity index (χ3v) is 9.18. The van der Waals surface area contributed by atoms with Gasteiger partial charge in [0.25, 0.3) is 0 Å². The Balaban J connectivity index is 1.66. The molecule has 5 aliphatic rings. The van der Waals surface area contributed by atoms with Crippen molar-refractivity contribution in [1.82, 2.24) is 0 Å². The molecule has 0 bridgehead atoms. The Bertz CT molecular complexity index is 960. The number of alkyl halides is 2. The summed E-state index contributed by atoms with van der Waals surface area (Å²) >= 11 is 0. The van der Waals surface area contributed by atoms with Crippen LogP contribution in [0.1, 0.15) is 47.0 Å². The number of hydrogen-bond donors (Lipinski definition) is 2. The van der Waals surface area contributed by atoms with Gasteiger partial charge in [0.15, 0.2) is 28.6 Å². The van der Waals surface area contributed by atoms with Gasteiger partial charge in [0.1, 0.15) is 12.8 Å². The highest BCUT2D eigenvalue weighted by Crippen LogP contribution is 2.72. The number of halogens is 2. The van der Waals surface area contributed by atoms with Gasteiger partial charge in [0.05, 0.1) is 12.2 Å². The SMILES string of the molecule is CC1(C)O[C@H]2C[C@@H]3[C@H]4C[C@H](F)C5=CC(=O)C=C[C@]5(C)[C@]4(F)[C@@H](O)C[C@]3(C)[C@@]2(C(=O)CO)O1. The first-order chi connectivity index (χ1) is 14.8. The minimum absolute atomic E-state index is 0.0550. The molecule has 1 saturated heterocycles. The summed E-state index contributed by atoms with van der Waals surface area (Å²) in [5, 5.41) is 21.1. The maximum atomic E-state index is 17.1. The van der Waals surface area contributed by atoms with E-state index in [1.807, 2.05) is 0 Å². The molecule has 9 atom stereocenters. The van der Waals surface area contributed by atoms with E-state index >= 15 is 8.78 Å². The lowest BCUT2D eigenvalue weighted by Crippen LogP contribution is -2.71. The van der Waals surface area contributed by atoms with Crippen LogP contribution in [0.4, 0.5) is 8.78 Å². The number of carbonyl (C=O) groups excluding carboxylic acids is 2. The van der Waals surface area contributed by atoms with Crippen molar-refractivity contribution in [2.75, 3.05) is 6.61 Å². The summed E-state index contributed by atoms with van der Waals surface area (Å²) in [7, 11) is 0. The molecule has 1 aliphatic heterocycles. The standard InChI is InChI=1S/C24H30F2O6/c1-20(2)31-19-9-13-14-8-16(25)15-7-12(28)5-6-21(15,3)23(14,26)17(29)10-22(13,4)24(19,32-20)18(30)11-27/h5-7,13-14,16-17,19,27,29H,8-11H2,1-4H3/t13-,14-,16+,17+,19+,21+,22+,23-,24+/m1/s1. The summed E-state index contributed by atoms with van der Waals surface area (Å²) in [5.74, 6) is -3.53. The predicted octanol–water partition coefficient (Wildman–Crippen LogP) is 2.37. The van der Waals surface area contributed by atoms with Crippen molar-refractivity contribution in [3.63, 3.8) is 0 Å². The fourth-order valence-corrected chi connectivity index (χ4v) is 7.92. The van der Waals surface area contributed by atoms with Crippen LogP contribution in [0.25, 0.3) is 0 Å². The second kappa shape index (κ2) is 6.34. The fourth-order valence-electron chi connectivity index (χ4n) is 7.92. The quantitative estimate of drug-likeness (QED) is 0.668. The van der Waals surface area contributed by atoms with Gasteiger partial charge in [-0.05, 0) is 63.7 Å². The van der Waals surface area contributed by atoms with E-state index in [1.54, 1.807) is 20.8 Å². The zero-order valence-electron chi connectivity index (χ0n) is 18.7. The molecule has 5 rings (SSSR count). The van der Waals surface area contributed by atoms with Gasteiger partial charge in [0, 0.05) is 16.7 Å². The number of hydrogen-bond acceptors (Lipinski definition) is 6. The number of ketones is 2. The van der Waals surface area contributed by atoms with E-state index in [0.29, 0.717) is 0 Å². The van der Waals surface area contributed by atoms with Gasteiger partial charge in [-0.3, -0.25) is 9.59 Å². The van der Waals surface area contributed by atoms with Gasteiger partial charge in [-0.25, -0.2) is 8.78 Å². The number of allylic oxidation sites excluding steroid dienone is 4. The van der Waals surface area contributed by atoms with Crippen molar-refractivity contribution >= 4 is 11.6 Å². The van der Waals surface area contributed by atoms with Crippen molar-refractivity contribution in [3.05, 3.63) is 23.8 Å². The Morgan fingerprint density at radius 3 is 2.56 bits per heavy atom. The van der Waals surface area contributed by atoms with Crippen LogP contribution in [0.5, 0.6) is 0 Å². The second-order valence-electron chi connectivity index (χ2n) is 11.0. The third-order valence-electron chi connectivity index (χ3n) is 9.18. The Morgan fingerprint density at radius 1 is 1.22 bits per heavy atom. The number of aliphatic hydroxyl groups excluding tert-OH is 2. The molecule has 3 saturated carbocycles. The summed E-state index contributed by atoms with van der Waals surface area (Å²) in [5.41, 5.74) is -6.30. The van der Waals surface area contributed by atoms with Crippen molar-refractivity contribution < 1.29 is 38.1 Å². The molecule has 2 N–H and O–H groups in total. The lowest BCUT2D eigenvalue weighted by molar-refractivity contribution is -0.248. The molecule has 6 nitrogen and oxygen atoms in total. The lowest BCUT2D eigenvalue weighted by Gasteiger charge is -2.63. The highest BCUT2D eigenvalue weighted by atomic mass is 19.1. The van der Waals surface area contributed by atoms with E-state index in [-0.39, 0.29) is 24.8 Å². The molecule has 0 aromatic heterocycles. The summed E-state index contributed by atoms with van der Waals surface area (Å²) < 4.78 is 44.8. The minimum atomic E-state index is -2.24. The van der Waals surface area contributed by atoms with Crippen LogP contribution in [0, 0.1) is 22.7 Å². The first kappa shape index (κ1) is 22.3. The summed E-state index contributed by atoms with van der Waals surface area (Å²) in [4.78, 5) is 25.1. The first-order valence-corrected chi connectivity index (χ1v) is 11.3. The molecule has 0 aromatic carbocycles. The molecular formula is C24H30F2O6. The molecule has 0 unspecified atom stereocenters. The van der Waals surface area contributed by atoms with E-state index in [4.69, 9.17) is 9.47 Å². The van der Waals surface area contributed by atoms with Crippen LogP contribution in [0.3, 0.4) is 0 Å². The molecule has 0 radical (unpaired) electrons. The van der Waals surface area contributed by atoms with Gasteiger partial charge in [-0.1, -0.05) is 13.0 Å². The maximum absolute atomic E-state index is 17.1. The number of Topliss-reactive ketones (excluding diaryl/α,β-unsaturated/α-hetero) is 1. The number of ether oxygens (including phenoxy) is 2. The molecule has 0 amide bonds. The fraction of sp³-hybridized carbons (Fsp3) is 0.750. The van der Waals surface area contributed by atoms with Crippen LogP contribution >= 0.6 is 0 Å². The van der Waals surface area contributed by atoms with E-state index < -0.39 is 76.3 Å². The van der Waals surface area contributed by atoms with Crippen molar-refractivity contribution in [2.24, 2.45) is 22.7 Å². The lowest BCUT2D eigenvalue weighted by atomic mass is 9.44. The molecule has 8 heteroatoms. The highest BCUT2D eigenvalue weighted by molar-refractivity contribution is 6.01. The molecule has 4 aliphatic carbocycles. The van der Waals surface area contributed by atoms with Gasteiger partial charge < -0.3 is 19.7 Å². The largest absolute Gasteiger partial charge is 0.390 e. The van der Waals surface area contributed by atoms with Crippen molar-refractivity contribution in [1.29, 1.82) is 0 Å². The number of carbonyl (C=O) groups is 2. The Kier molecular flexibility index (Phi) is 4.42. The number of aliphatic hydroxyl groups is 2. The molecule has 4 fully saturated rings. The van der Waals surface area contributed by atoms with E-state index in [1.165, 1.54) is 19.1 Å². The monoisotopic (exact) mass is 452 g/mol. The molecule has 32 heavy (non-hydrogen) atoms. The first-order valence-electron chi connectivity index (χ1n) is 11.3. The summed E-state index contributed by atoms with van der Waals surface area (Å²) in [6.07, 6.45) is -0.151. The van der Waals surface area contributed by atoms with E-state index in [9.17, 15) is 19.8 Å². The maximum Gasteiger partial charge on any atom is 0.193 e. The average molecular weight is 452 g/mol. The Hall–Kier alpha value is -1.48.